The molecule has 2 aromatic rings. The van der Waals surface area contributed by atoms with E-state index in [0.29, 0.717) is 0 Å². The van der Waals surface area contributed by atoms with Crippen LogP contribution in [0.1, 0.15) is 19.3 Å². The average molecular weight is 378 g/mol. The minimum atomic E-state index is -2.82. The number of anilines is 1. The molecule has 4 aliphatic heterocycles. The van der Waals surface area contributed by atoms with Gasteiger partial charge in [0.1, 0.15) is 11.6 Å². The van der Waals surface area contributed by atoms with Gasteiger partial charge >= 0.3 is 6.61 Å². The second-order valence-corrected chi connectivity index (χ2v) is 8.34. The van der Waals surface area contributed by atoms with E-state index in [9.17, 15) is 8.78 Å². The minimum absolute atomic E-state index is 0.159. The van der Waals surface area contributed by atoms with E-state index in [2.05, 4.69) is 31.3 Å². The van der Waals surface area contributed by atoms with Crippen molar-refractivity contribution in [3.05, 3.63) is 30.1 Å². The van der Waals surface area contributed by atoms with E-state index < -0.39 is 6.61 Å². The third-order valence-corrected chi connectivity index (χ3v) is 6.69. The van der Waals surface area contributed by atoms with Crippen LogP contribution in [0.5, 0.6) is 5.75 Å². The highest BCUT2D eigenvalue weighted by molar-refractivity contribution is 7.22. The first-order valence-electron chi connectivity index (χ1n) is 8.93. The summed E-state index contributed by atoms with van der Waals surface area (Å²) in [6.45, 7) is 0.729. The van der Waals surface area contributed by atoms with Gasteiger partial charge in [-0.2, -0.15) is 8.78 Å². The number of benzene rings is 1. The molecule has 1 aromatic heterocycles. The van der Waals surface area contributed by atoms with E-state index in [1.54, 1.807) is 12.1 Å². The van der Waals surface area contributed by atoms with Crippen LogP contribution in [0.3, 0.4) is 0 Å². The molecule has 1 atom stereocenters. The van der Waals surface area contributed by atoms with Crippen LogP contribution in [-0.4, -0.2) is 41.7 Å². The molecule has 0 aliphatic carbocycles. The number of ether oxygens (including phenoxy) is 1. The number of piperidine rings is 3. The summed E-state index contributed by atoms with van der Waals surface area (Å²) >= 11 is 1.44. The van der Waals surface area contributed by atoms with Crippen molar-refractivity contribution >= 4 is 26.7 Å². The van der Waals surface area contributed by atoms with Crippen molar-refractivity contribution in [2.45, 2.75) is 31.4 Å². The van der Waals surface area contributed by atoms with E-state index in [0.717, 1.165) is 40.1 Å². The Morgan fingerprint density at radius 1 is 1.35 bits per heavy atom. The largest absolute Gasteiger partial charge is 0.435 e. The fourth-order valence-corrected chi connectivity index (χ4v) is 5.44. The molecule has 0 amide bonds. The van der Waals surface area contributed by atoms with Gasteiger partial charge in [0.25, 0.3) is 0 Å². The first-order valence-corrected chi connectivity index (χ1v) is 9.74. The summed E-state index contributed by atoms with van der Waals surface area (Å²) in [5.41, 5.74) is 0.934. The third-order valence-electron chi connectivity index (χ3n) is 5.76. The fraction of sp³-hybridized carbons (Fsp3) is 0.500. The summed E-state index contributed by atoms with van der Waals surface area (Å²) < 4.78 is 30.0. The number of fused-ring (bicyclic) bond motifs is 3. The Hall–Kier alpha value is -1.93. The highest BCUT2D eigenvalue weighted by Crippen LogP contribution is 2.41. The van der Waals surface area contributed by atoms with Crippen LogP contribution in [0.15, 0.2) is 30.1 Å². The first-order chi connectivity index (χ1) is 12.6. The van der Waals surface area contributed by atoms with Gasteiger partial charge in [0.15, 0.2) is 5.13 Å². The van der Waals surface area contributed by atoms with E-state index >= 15 is 0 Å². The Labute approximate surface area is 154 Å². The molecule has 5 nitrogen and oxygen atoms in total. The fourth-order valence-electron chi connectivity index (χ4n) is 4.53. The molecule has 0 saturated carbocycles. The van der Waals surface area contributed by atoms with Crippen LogP contribution in [-0.2, 0) is 0 Å². The third kappa shape index (κ3) is 2.81. The van der Waals surface area contributed by atoms with Crippen LogP contribution in [0.2, 0.25) is 0 Å². The molecule has 2 N–H and O–H groups in total. The van der Waals surface area contributed by atoms with Gasteiger partial charge in [-0.05, 0) is 62.5 Å². The number of halogens is 2. The van der Waals surface area contributed by atoms with E-state index in [1.807, 2.05) is 0 Å². The molecule has 8 heteroatoms. The molecule has 3 fully saturated rings. The van der Waals surface area contributed by atoms with Crippen molar-refractivity contribution < 1.29 is 13.5 Å². The topological polar surface area (TPSA) is 49.4 Å². The molecule has 6 rings (SSSR count). The highest BCUT2D eigenvalue weighted by atomic mass is 32.1. The Kier molecular flexibility index (Phi) is 3.79. The SMILES string of the molecule is FC(F)Oc1ccc2nc(NC3=CC[C@@]4(CN5CCC4CC5)N3)sc2c1. The molecule has 3 saturated heterocycles. The second-order valence-electron chi connectivity index (χ2n) is 7.31. The number of hydrogen-bond donors (Lipinski definition) is 2. The van der Waals surface area contributed by atoms with Crippen LogP contribution in [0.4, 0.5) is 13.9 Å². The Morgan fingerprint density at radius 2 is 2.19 bits per heavy atom. The van der Waals surface area contributed by atoms with Crippen LogP contribution < -0.4 is 15.4 Å². The van der Waals surface area contributed by atoms with Crippen LogP contribution in [0, 0.1) is 5.92 Å². The lowest BCUT2D eigenvalue weighted by molar-refractivity contribution is -0.0497. The molecule has 1 spiro atoms. The maximum Gasteiger partial charge on any atom is 0.387 e. The van der Waals surface area contributed by atoms with Gasteiger partial charge in [0.05, 0.1) is 15.8 Å². The van der Waals surface area contributed by atoms with Gasteiger partial charge in [-0.1, -0.05) is 11.3 Å². The van der Waals surface area contributed by atoms with E-state index in [-0.39, 0.29) is 11.3 Å². The predicted molar refractivity (Wildman–Crippen MR) is 97.6 cm³/mol. The maximum absolute atomic E-state index is 12.4. The maximum atomic E-state index is 12.4. The quantitative estimate of drug-likeness (QED) is 0.851. The summed E-state index contributed by atoms with van der Waals surface area (Å²) in [7, 11) is 0. The minimum Gasteiger partial charge on any atom is -0.435 e. The van der Waals surface area contributed by atoms with Crippen LogP contribution >= 0.6 is 11.3 Å². The van der Waals surface area contributed by atoms with Crippen molar-refractivity contribution in [3.63, 3.8) is 0 Å². The van der Waals surface area contributed by atoms with E-state index in [1.165, 1.54) is 43.3 Å². The summed E-state index contributed by atoms with van der Waals surface area (Å²) in [5, 5.41) is 7.85. The zero-order valence-corrected chi connectivity index (χ0v) is 15.0. The van der Waals surface area contributed by atoms with Crippen molar-refractivity contribution in [2.24, 2.45) is 5.92 Å². The molecule has 138 valence electrons. The summed E-state index contributed by atoms with van der Waals surface area (Å²) in [6, 6.07) is 4.84. The Bertz CT molecular complexity index is 862. The van der Waals surface area contributed by atoms with Gasteiger partial charge in [0, 0.05) is 6.54 Å². The summed E-state index contributed by atoms with van der Waals surface area (Å²) in [4.78, 5) is 7.10. The van der Waals surface area contributed by atoms with Gasteiger partial charge in [-0.15, -0.1) is 0 Å². The molecule has 1 aromatic carbocycles. The van der Waals surface area contributed by atoms with Gasteiger partial charge < -0.3 is 20.3 Å². The number of thiazole rings is 1. The molecule has 5 heterocycles. The molecular weight excluding hydrogens is 358 g/mol. The predicted octanol–water partition coefficient (Wildman–Crippen LogP) is 3.61. The second kappa shape index (κ2) is 6.06. The van der Waals surface area contributed by atoms with Gasteiger partial charge in [-0.3, -0.25) is 0 Å². The Balaban J connectivity index is 1.31. The molecule has 0 unspecified atom stereocenters. The number of nitrogens with zero attached hydrogens (tertiary/aromatic N) is 2. The summed E-state index contributed by atoms with van der Waals surface area (Å²) in [6.07, 6.45) is 5.79. The van der Waals surface area contributed by atoms with Crippen molar-refractivity contribution in [2.75, 3.05) is 25.0 Å². The number of rotatable bonds is 4. The molecule has 26 heavy (non-hydrogen) atoms. The van der Waals surface area contributed by atoms with Gasteiger partial charge in [0.2, 0.25) is 0 Å². The average Bonchev–Trinajstić information content (AvgIpc) is 3.19. The van der Waals surface area contributed by atoms with Crippen molar-refractivity contribution in [3.8, 4) is 5.75 Å². The number of aromatic nitrogens is 1. The first kappa shape index (κ1) is 16.3. The Morgan fingerprint density at radius 3 is 2.92 bits per heavy atom. The van der Waals surface area contributed by atoms with Crippen molar-refractivity contribution in [1.82, 2.24) is 15.2 Å². The standard InChI is InChI=1S/C18H20F2N4OS/c19-16(20)25-12-1-2-13-14(9-12)26-17(21-13)22-15-3-6-18(23-15)10-24-7-4-11(18)5-8-24/h1-3,9,11,16,23H,4-8,10H2,(H,21,22)/t18-/m0/s1. The zero-order valence-electron chi connectivity index (χ0n) is 14.2. The summed E-state index contributed by atoms with van der Waals surface area (Å²) in [5.74, 6) is 1.89. The monoisotopic (exact) mass is 378 g/mol. The zero-order chi connectivity index (χ0) is 17.7. The lowest BCUT2D eigenvalue weighted by Gasteiger charge is -2.52. The normalized spacial score (nSPS) is 30.0. The van der Waals surface area contributed by atoms with Crippen LogP contribution in [0.25, 0.3) is 10.2 Å². The smallest absolute Gasteiger partial charge is 0.387 e. The lowest BCUT2D eigenvalue weighted by Crippen LogP contribution is -2.64. The highest BCUT2D eigenvalue weighted by Gasteiger charge is 2.48. The van der Waals surface area contributed by atoms with Gasteiger partial charge in [-0.25, -0.2) is 4.98 Å². The van der Waals surface area contributed by atoms with Crippen molar-refractivity contribution in [1.29, 1.82) is 0 Å². The number of nitrogens with one attached hydrogen (secondary N) is 2. The molecular formula is C18H20F2N4OS. The number of hydrogen-bond acceptors (Lipinski definition) is 6. The van der Waals surface area contributed by atoms with E-state index in [4.69, 9.17) is 0 Å². The molecule has 2 bridgehead atoms. The molecule has 0 radical (unpaired) electrons. The molecule has 4 aliphatic rings. The lowest BCUT2D eigenvalue weighted by atomic mass is 9.72. The number of alkyl halides is 2.